The molecule has 0 saturated carbocycles. The van der Waals surface area contributed by atoms with E-state index in [4.69, 9.17) is 0 Å². The molecule has 1 heteroatoms. The first-order valence-corrected chi connectivity index (χ1v) is 2.18. The molecule has 0 amide bonds. The lowest BCUT2D eigenvalue weighted by molar-refractivity contribution is 0.250. The van der Waals surface area contributed by atoms with Gasteiger partial charge in [0, 0.05) is 6.42 Å². The molecule has 0 aliphatic heterocycles. The van der Waals surface area contributed by atoms with Gasteiger partial charge in [0.2, 0.25) is 0 Å². The minimum atomic E-state index is 0.640. The van der Waals surface area contributed by atoms with Gasteiger partial charge < -0.3 is 4.74 Å². The zero-order valence-electron chi connectivity index (χ0n) is 4.53. The fourth-order valence-corrected chi connectivity index (χ4v) is 0.248. The molecule has 39 valence electrons. The second-order valence-corrected chi connectivity index (χ2v) is 1.09. The minimum absolute atomic E-state index is 0.640. The molecule has 0 heterocycles. The van der Waals surface area contributed by atoms with Gasteiger partial charge in [-0.2, -0.15) is 0 Å². The van der Waals surface area contributed by atoms with Crippen LogP contribution >= 0.6 is 0 Å². The third-order valence-electron chi connectivity index (χ3n) is 0.548. The van der Waals surface area contributed by atoms with Crippen LogP contribution in [-0.4, -0.2) is 6.61 Å². The van der Waals surface area contributed by atoms with Crippen molar-refractivity contribution in [3.63, 3.8) is 0 Å². The molecule has 0 aliphatic rings. The number of ether oxygens (including phenoxy) is 1. The summed E-state index contributed by atoms with van der Waals surface area (Å²) in [5.41, 5.74) is 0. The van der Waals surface area contributed by atoms with Gasteiger partial charge in [-0.25, -0.2) is 0 Å². The van der Waals surface area contributed by atoms with Gasteiger partial charge in [-0.05, 0) is 6.92 Å². The molecule has 0 bridgehead atoms. The van der Waals surface area contributed by atoms with E-state index in [-0.39, 0.29) is 0 Å². The Morgan fingerprint density at radius 3 is 2.86 bits per heavy atom. The van der Waals surface area contributed by atoms with E-state index in [0.717, 1.165) is 6.42 Å². The molecule has 0 unspecified atom stereocenters. The van der Waals surface area contributed by atoms with Gasteiger partial charge in [-0.1, -0.05) is 0 Å². The molecular weight excluding hydrogens is 88.1 g/mol. The summed E-state index contributed by atoms with van der Waals surface area (Å²) in [4.78, 5) is 0. The molecule has 7 heavy (non-hydrogen) atoms. The maximum absolute atomic E-state index is 4.49. The lowest BCUT2D eigenvalue weighted by atomic mass is 10.4. The van der Waals surface area contributed by atoms with Crippen LogP contribution in [0.5, 0.6) is 0 Å². The van der Waals surface area contributed by atoms with Crippen molar-refractivity contribution in [1.82, 2.24) is 0 Å². The van der Waals surface area contributed by atoms with Crippen molar-refractivity contribution >= 4 is 0 Å². The fourth-order valence-electron chi connectivity index (χ4n) is 0.248. The molecule has 0 aromatic rings. The van der Waals surface area contributed by atoms with E-state index in [0.29, 0.717) is 6.61 Å². The van der Waals surface area contributed by atoms with Crippen LogP contribution in [0.3, 0.4) is 0 Å². The van der Waals surface area contributed by atoms with Crippen molar-refractivity contribution in [2.24, 2.45) is 0 Å². The Kier molecular flexibility index (Phi) is 5.14. The van der Waals surface area contributed by atoms with Gasteiger partial charge in [0.1, 0.15) is 0 Å². The monoisotopic (exact) mass is 97.1 g/mol. The zero-order valence-corrected chi connectivity index (χ0v) is 4.53. The van der Waals surface area contributed by atoms with Gasteiger partial charge in [-0.3, -0.25) is 0 Å². The van der Waals surface area contributed by atoms with Crippen molar-refractivity contribution < 1.29 is 4.74 Å². The first-order chi connectivity index (χ1) is 3.41. The first kappa shape index (κ1) is 6.52. The van der Waals surface area contributed by atoms with Crippen LogP contribution in [-0.2, 0) is 4.74 Å². The van der Waals surface area contributed by atoms with E-state index in [2.05, 4.69) is 23.7 Å². The Hall–Kier alpha value is -0.480. The number of hydrogen-bond donors (Lipinski definition) is 0. The van der Waals surface area contributed by atoms with Crippen LogP contribution in [0, 0.1) is 19.0 Å². The lowest BCUT2D eigenvalue weighted by Crippen LogP contribution is -1.80. The summed E-state index contributed by atoms with van der Waals surface area (Å²) in [6.07, 6.45) is 0.792. The summed E-state index contributed by atoms with van der Waals surface area (Å²) in [5, 5.41) is 0. The summed E-state index contributed by atoms with van der Waals surface area (Å²) < 4.78 is 4.49. The van der Waals surface area contributed by atoms with Crippen LogP contribution in [0.4, 0.5) is 0 Å². The van der Waals surface area contributed by atoms with E-state index in [9.17, 15) is 0 Å². The summed E-state index contributed by atoms with van der Waals surface area (Å²) in [6, 6.07) is 0. The van der Waals surface area contributed by atoms with E-state index in [1.807, 2.05) is 6.92 Å². The number of rotatable bonds is 2. The maximum Gasteiger partial charge on any atom is 0.0700 e. The standard InChI is InChI=1S/C6H9O/c1-3-4-5-6-7-2/h2,5-6H2,1H3. The Morgan fingerprint density at radius 2 is 2.43 bits per heavy atom. The molecule has 0 atom stereocenters. The van der Waals surface area contributed by atoms with Crippen molar-refractivity contribution in [3.05, 3.63) is 7.11 Å². The molecular formula is C6H9O. The summed E-state index contributed by atoms with van der Waals surface area (Å²) >= 11 is 0. The number of hydrogen-bond acceptors (Lipinski definition) is 1. The second-order valence-electron chi connectivity index (χ2n) is 1.09. The Bertz CT molecular complexity index is 75.9. The predicted molar refractivity (Wildman–Crippen MR) is 29.4 cm³/mol. The molecule has 1 radical (unpaired) electrons. The van der Waals surface area contributed by atoms with Crippen molar-refractivity contribution in [3.8, 4) is 11.8 Å². The molecule has 0 rings (SSSR count). The summed E-state index contributed by atoms with van der Waals surface area (Å²) in [5.74, 6) is 5.58. The third-order valence-corrected chi connectivity index (χ3v) is 0.548. The van der Waals surface area contributed by atoms with Crippen LogP contribution < -0.4 is 0 Å². The Balaban J connectivity index is 2.78. The topological polar surface area (TPSA) is 9.23 Å². The van der Waals surface area contributed by atoms with Crippen LogP contribution in [0.1, 0.15) is 13.3 Å². The molecule has 0 fully saturated rings. The van der Waals surface area contributed by atoms with E-state index >= 15 is 0 Å². The molecule has 0 aromatic carbocycles. The second kappa shape index (κ2) is 5.52. The molecule has 0 aliphatic carbocycles. The average Bonchev–Trinajstić information content (AvgIpc) is 1.69. The molecule has 0 saturated heterocycles. The largest absolute Gasteiger partial charge is 0.378 e. The van der Waals surface area contributed by atoms with Crippen molar-refractivity contribution in [2.45, 2.75) is 13.3 Å². The van der Waals surface area contributed by atoms with Gasteiger partial charge >= 0.3 is 0 Å². The third kappa shape index (κ3) is 5.52. The summed E-state index contributed by atoms with van der Waals surface area (Å²) in [6.45, 7) is 2.45. The minimum Gasteiger partial charge on any atom is -0.378 e. The van der Waals surface area contributed by atoms with Gasteiger partial charge in [0.05, 0.1) is 13.7 Å². The van der Waals surface area contributed by atoms with E-state index < -0.39 is 0 Å². The van der Waals surface area contributed by atoms with Crippen LogP contribution in [0.2, 0.25) is 0 Å². The van der Waals surface area contributed by atoms with E-state index in [1.54, 1.807) is 0 Å². The Morgan fingerprint density at radius 1 is 1.71 bits per heavy atom. The maximum atomic E-state index is 4.49. The Labute approximate surface area is 44.7 Å². The SMILES string of the molecule is [CH2]OCCC#CC. The molecule has 0 spiro atoms. The lowest BCUT2D eigenvalue weighted by Gasteiger charge is -1.84. The normalized spacial score (nSPS) is 7.14. The quantitative estimate of drug-likeness (QED) is 0.371. The van der Waals surface area contributed by atoms with Crippen molar-refractivity contribution in [1.29, 1.82) is 0 Å². The van der Waals surface area contributed by atoms with Gasteiger partial charge in [0.25, 0.3) is 0 Å². The van der Waals surface area contributed by atoms with Crippen LogP contribution in [0.25, 0.3) is 0 Å². The summed E-state index contributed by atoms with van der Waals surface area (Å²) in [7, 11) is 3.19. The highest BCUT2D eigenvalue weighted by Crippen LogP contribution is 1.74. The zero-order chi connectivity index (χ0) is 5.54. The highest BCUT2D eigenvalue weighted by atomic mass is 16.5. The predicted octanol–water partition coefficient (Wildman–Crippen LogP) is 1.21. The van der Waals surface area contributed by atoms with Crippen LogP contribution in [0.15, 0.2) is 0 Å². The van der Waals surface area contributed by atoms with Gasteiger partial charge in [-0.15, -0.1) is 11.8 Å². The average molecular weight is 97.1 g/mol. The highest BCUT2D eigenvalue weighted by Gasteiger charge is 1.71. The van der Waals surface area contributed by atoms with Crippen molar-refractivity contribution in [2.75, 3.05) is 6.61 Å². The molecule has 1 nitrogen and oxygen atoms in total. The molecule has 0 aromatic heterocycles. The van der Waals surface area contributed by atoms with Gasteiger partial charge in [0.15, 0.2) is 0 Å². The molecule has 0 N–H and O–H groups in total. The smallest absolute Gasteiger partial charge is 0.0700 e. The van der Waals surface area contributed by atoms with E-state index in [1.165, 1.54) is 0 Å². The fraction of sp³-hybridized carbons (Fsp3) is 0.500. The first-order valence-electron chi connectivity index (χ1n) is 2.18. The highest BCUT2D eigenvalue weighted by molar-refractivity contribution is 4.94.